The Morgan fingerprint density at radius 1 is 1.41 bits per heavy atom. The number of imidazole rings is 1. The maximum Gasteiger partial charge on any atom is 0.407 e. The number of nitrogens with zero attached hydrogens (tertiary/aromatic N) is 6. The van der Waals surface area contributed by atoms with Crippen LogP contribution in [0.4, 0.5) is 10.6 Å². The maximum atomic E-state index is 11.4. The second kappa shape index (κ2) is 9.18. The van der Waals surface area contributed by atoms with Crippen LogP contribution in [0.5, 0.6) is 5.75 Å². The van der Waals surface area contributed by atoms with Crippen LogP contribution in [0.1, 0.15) is 45.7 Å². The number of ether oxygens (including phenoxy) is 1. The molecule has 0 aromatic carbocycles. The summed E-state index contributed by atoms with van der Waals surface area (Å²) in [5.41, 5.74) is 6.45. The molecule has 12 heteroatoms. The summed E-state index contributed by atoms with van der Waals surface area (Å²) in [6.45, 7) is 6.44. The van der Waals surface area contributed by atoms with Crippen LogP contribution in [0.3, 0.4) is 0 Å². The lowest BCUT2D eigenvalue weighted by molar-refractivity contribution is 0.133. The predicted octanol–water partition coefficient (Wildman–Crippen LogP) is 2.12. The molecule has 1 aliphatic rings. The van der Waals surface area contributed by atoms with Crippen LogP contribution >= 0.6 is 0 Å². The molecule has 0 radical (unpaired) electrons. The van der Waals surface area contributed by atoms with Crippen LogP contribution in [0, 0.1) is 11.8 Å². The third-order valence-electron chi connectivity index (χ3n) is 5.60. The predicted molar refractivity (Wildman–Crippen MR) is 122 cm³/mol. The summed E-state index contributed by atoms with van der Waals surface area (Å²) in [5, 5.41) is 26.9. The number of nitrogens with two attached hydrogens (primary N) is 1. The van der Waals surface area contributed by atoms with Crippen LogP contribution in [0.15, 0.2) is 10.8 Å². The SMILES string of the molecule is CCn1c(-c2nonc2N)nc2c(C#CC(C)(C)O)ncc(OCC[C@@H]3CCCN3C(=O)O)c21. The Balaban J connectivity index is 1.73. The highest BCUT2D eigenvalue weighted by atomic mass is 16.6. The molecule has 34 heavy (non-hydrogen) atoms. The van der Waals surface area contributed by atoms with Crippen molar-refractivity contribution in [1.82, 2.24) is 29.7 Å². The van der Waals surface area contributed by atoms with Crippen molar-refractivity contribution in [3.8, 4) is 29.1 Å². The normalized spacial score (nSPS) is 16.0. The lowest BCUT2D eigenvalue weighted by Gasteiger charge is -2.21. The quantitative estimate of drug-likeness (QED) is 0.455. The standard InChI is InChI=1S/C22H27N7O5/c1-4-28-18-15(33-11-8-13-6-5-10-29(13)21(30)31)12-24-14(7-9-22(2,3)32)16(18)25-20(28)17-19(23)27-34-26-17/h12-13,32H,4-6,8,10-11H2,1-3H3,(H2,23,27)(H,30,31)/t13-/m0/s1. The number of fused-ring (bicyclic) bond motifs is 1. The number of hydrogen-bond donors (Lipinski definition) is 3. The van der Waals surface area contributed by atoms with E-state index < -0.39 is 11.7 Å². The Bertz CT molecular complexity index is 1260. The number of aryl methyl sites for hydroxylation is 1. The first kappa shape index (κ1) is 23.3. The summed E-state index contributed by atoms with van der Waals surface area (Å²) in [4.78, 5) is 22.0. The average Bonchev–Trinajstić information content (AvgIpc) is 3.50. The number of aromatic nitrogens is 5. The number of anilines is 1. The van der Waals surface area contributed by atoms with Gasteiger partial charge in [0.05, 0.1) is 12.8 Å². The second-order valence-electron chi connectivity index (χ2n) is 8.56. The topological polar surface area (TPSA) is 166 Å². The summed E-state index contributed by atoms with van der Waals surface area (Å²) in [7, 11) is 0. The molecule has 0 spiro atoms. The smallest absolute Gasteiger partial charge is 0.407 e. The van der Waals surface area contributed by atoms with E-state index in [9.17, 15) is 15.0 Å². The van der Waals surface area contributed by atoms with Crippen LogP contribution < -0.4 is 10.5 Å². The van der Waals surface area contributed by atoms with Gasteiger partial charge in [-0.3, -0.25) is 0 Å². The van der Waals surface area contributed by atoms with Crippen LogP contribution in [0.2, 0.25) is 0 Å². The summed E-state index contributed by atoms with van der Waals surface area (Å²) in [5.74, 6) is 6.65. The molecule has 3 aromatic heterocycles. The molecular formula is C22H27N7O5. The first-order valence-electron chi connectivity index (χ1n) is 11.0. The summed E-state index contributed by atoms with van der Waals surface area (Å²) in [6.07, 6.45) is 2.86. The van der Waals surface area contributed by atoms with Crippen molar-refractivity contribution in [1.29, 1.82) is 0 Å². The fraction of sp³-hybridized carbons (Fsp3) is 0.500. The first-order chi connectivity index (χ1) is 16.2. The van der Waals surface area contributed by atoms with Crippen LogP contribution in [0.25, 0.3) is 22.6 Å². The third kappa shape index (κ3) is 4.60. The van der Waals surface area contributed by atoms with E-state index in [-0.39, 0.29) is 17.6 Å². The first-order valence-corrected chi connectivity index (χ1v) is 11.0. The number of aliphatic hydroxyl groups is 1. The number of likely N-dealkylation sites (tertiary alicyclic amines) is 1. The van der Waals surface area contributed by atoms with E-state index in [1.807, 2.05) is 11.5 Å². The van der Waals surface area contributed by atoms with Crippen molar-refractivity contribution < 1.29 is 24.4 Å². The van der Waals surface area contributed by atoms with E-state index in [0.29, 0.717) is 54.4 Å². The van der Waals surface area contributed by atoms with Gasteiger partial charge in [0, 0.05) is 25.6 Å². The van der Waals surface area contributed by atoms with Gasteiger partial charge in [-0.2, -0.15) is 0 Å². The minimum atomic E-state index is -1.21. The molecule has 0 unspecified atom stereocenters. The Morgan fingerprint density at radius 2 is 2.21 bits per heavy atom. The molecule has 1 amide bonds. The minimum absolute atomic E-state index is 0.0782. The van der Waals surface area contributed by atoms with Gasteiger partial charge in [0.25, 0.3) is 0 Å². The summed E-state index contributed by atoms with van der Waals surface area (Å²) >= 11 is 0. The number of rotatable bonds is 6. The number of hydrogen-bond acceptors (Lipinski definition) is 9. The average molecular weight is 470 g/mol. The minimum Gasteiger partial charge on any atom is -0.490 e. The molecule has 4 heterocycles. The van der Waals surface area contributed by atoms with E-state index in [4.69, 9.17) is 15.1 Å². The van der Waals surface area contributed by atoms with Gasteiger partial charge in [0.1, 0.15) is 22.3 Å². The zero-order valence-electron chi connectivity index (χ0n) is 19.3. The zero-order valence-corrected chi connectivity index (χ0v) is 19.3. The van der Waals surface area contributed by atoms with Crippen molar-refractivity contribution in [2.45, 2.75) is 58.2 Å². The Labute approximate surface area is 195 Å². The van der Waals surface area contributed by atoms with Crippen molar-refractivity contribution in [2.24, 2.45) is 0 Å². The highest BCUT2D eigenvalue weighted by Gasteiger charge is 2.28. The highest BCUT2D eigenvalue weighted by Crippen LogP contribution is 2.33. The maximum absolute atomic E-state index is 11.4. The fourth-order valence-corrected chi connectivity index (χ4v) is 4.05. The van der Waals surface area contributed by atoms with E-state index in [1.54, 1.807) is 20.0 Å². The van der Waals surface area contributed by atoms with E-state index >= 15 is 0 Å². The Hall–Kier alpha value is -3.85. The monoisotopic (exact) mass is 469 g/mol. The van der Waals surface area contributed by atoms with Crippen molar-refractivity contribution in [3.05, 3.63) is 11.9 Å². The molecule has 180 valence electrons. The van der Waals surface area contributed by atoms with Crippen molar-refractivity contribution in [2.75, 3.05) is 18.9 Å². The molecule has 4 N–H and O–H groups in total. The van der Waals surface area contributed by atoms with E-state index in [1.165, 1.54) is 4.90 Å². The van der Waals surface area contributed by atoms with Crippen molar-refractivity contribution >= 4 is 22.9 Å². The van der Waals surface area contributed by atoms with E-state index in [0.717, 1.165) is 12.8 Å². The fourth-order valence-electron chi connectivity index (χ4n) is 4.05. The molecule has 12 nitrogen and oxygen atoms in total. The lowest BCUT2D eigenvalue weighted by Crippen LogP contribution is -2.35. The van der Waals surface area contributed by atoms with Crippen LogP contribution in [-0.2, 0) is 6.54 Å². The Kier molecular flexibility index (Phi) is 6.30. The molecule has 3 aromatic rings. The molecule has 1 atom stereocenters. The van der Waals surface area contributed by atoms with Crippen LogP contribution in [-0.4, -0.2) is 70.8 Å². The number of carboxylic acid groups (broad SMARTS) is 1. The summed E-state index contributed by atoms with van der Waals surface area (Å²) in [6, 6.07) is -0.0782. The molecule has 0 bridgehead atoms. The zero-order chi connectivity index (χ0) is 24.5. The largest absolute Gasteiger partial charge is 0.490 e. The molecule has 0 saturated carbocycles. The number of amides is 1. The van der Waals surface area contributed by atoms with Gasteiger partial charge >= 0.3 is 6.09 Å². The number of pyridine rings is 1. The molecule has 4 rings (SSSR count). The van der Waals surface area contributed by atoms with Gasteiger partial charge in [0.2, 0.25) is 0 Å². The van der Waals surface area contributed by atoms with Gasteiger partial charge in [-0.15, -0.1) is 0 Å². The number of nitrogen functional groups attached to an aromatic ring is 1. The van der Waals surface area contributed by atoms with Gasteiger partial charge in [0.15, 0.2) is 23.1 Å². The lowest BCUT2D eigenvalue weighted by atomic mass is 10.1. The molecule has 1 fully saturated rings. The third-order valence-corrected chi connectivity index (χ3v) is 5.60. The van der Waals surface area contributed by atoms with Gasteiger partial charge in [-0.1, -0.05) is 5.92 Å². The van der Waals surface area contributed by atoms with Gasteiger partial charge < -0.3 is 30.2 Å². The van der Waals surface area contributed by atoms with E-state index in [2.05, 4.69) is 32.1 Å². The summed E-state index contributed by atoms with van der Waals surface area (Å²) < 4.78 is 12.7. The Morgan fingerprint density at radius 3 is 2.85 bits per heavy atom. The molecule has 1 aliphatic heterocycles. The van der Waals surface area contributed by atoms with Gasteiger partial charge in [-0.05, 0) is 49.8 Å². The second-order valence-corrected chi connectivity index (χ2v) is 8.56. The molecular weight excluding hydrogens is 442 g/mol. The number of carbonyl (C=O) groups is 1. The van der Waals surface area contributed by atoms with Crippen molar-refractivity contribution in [3.63, 3.8) is 0 Å². The van der Waals surface area contributed by atoms with Gasteiger partial charge in [-0.25, -0.2) is 19.4 Å². The molecule has 0 aliphatic carbocycles. The highest BCUT2D eigenvalue weighted by molar-refractivity contribution is 5.89. The molecule has 1 saturated heterocycles.